The number of nitrogens with two attached hydrogens (primary N) is 1. The molecule has 0 aromatic carbocycles. The number of nitrogens with zero attached hydrogens (tertiary/aromatic N) is 4. The molecule has 2 aromatic rings. The predicted molar refractivity (Wildman–Crippen MR) is 128 cm³/mol. The van der Waals surface area contributed by atoms with Gasteiger partial charge in [0.05, 0.1) is 12.6 Å². The van der Waals surface area contributed by atoms with Gasteiger partial charge in [0, 0.05) is 12.1 Å². The summed E-state index contributed by atoms with van der Waals surface area (Å²) in [5, 5.41) is 31.8. The Hall–Kier alpha value is -2.19. The molecule has 0 saturated carbocycles. The maximum atomic E-state index is 12.7. The zero-order chi connectivity index (χ0) is 26.7. The number of nitrogens with one attached hydrogen (secondary N) is 1. The molecular weight excluding hydrogens is 495 g/mol. The highest BCUT2D eigenvalue weighted by molar-refractivity contribution is 7.50. The highest BCUT2D eigenvalue weighted by Crippen LogP contribution is 2.43. The molecule has 6 atom stereocenters. The lowest BCUT2D eigenvalue weighted by atomic mass is 9.96. The Kier molecular flexibility index (Phi) is 9.04. The highest BCUT2D eigenvalue weighted by Gasteiger charge is 2.54. The van der Waals surface area contributed by atoms with E-state index in [2.05, 4.69) is 34.1 Å². The summed E-state index contributed by atoms with van der Waals surface area (Å²) < 4.78 is 30.1. The third kappa shape index (κ3) is 6.38. The quantitative estimate of drug-likeness (QED) is 0.246. The average Bonchev–Trinajstić information content (AvgIpc) is 3.37. The van der Waals surface area contributed by atoms with Crippen molar-refractivity contribution in [1.82, 2.24) is 24.8 Å². The van der Waals surface area contributed by atoms with E-state index in [0.29, 0.717) is 5.89 Å². The van der Waals surface area contributed by atoms with Crippen LogP contribution in [-0.4, -0.2) is 59.3 Å². The van der Waals surface area contributed by atoms with Crippen LogP contribution >= 0.6 is 7.75 Å². The molecule has 36 heavy (non-hydrogen) atoms. The van der Waals surface area contributed by atoms with Gasteiger partial charge in [-0.05, 0) is 32.8 Å². The first kappa shape index (κ1) is 28.4. The SMILES string of the molecule is CCCC(CCC)c1nnc(C(C)NP(=O)(O)OC[C@H]2O[C@@H](n3ccc(N)nc3=O)[C@](C)(O)[C@@H]2O)o1. The summed E-state index contributed by atoms with van der Waals surface area (Å²) in [6, 6.07) is 0.524. The van der Waals surface area contributed by atoms with Crippen LogP contribution in [0.5, 0.6) is 0 Å². The second kappa shape index (κ2) is 11.5. The molecule has 0 aliphatic carbocycles. The molecule has 6 N–H and O–H groups in total. The Morgan fingerprint density at radius 2 is 1.94 bits per heavy atom. The molecule has 3 heterocycles. The van der Waals surface area contributed by atoms with Crippen molar-refractivity contribution in [3.05, 3.63) is 34.5 Å². The van der Waals surface area contributed by atoms with Crippen molar-refractivity contribution in [2.24, 2.45) is 0 Å². The molecule has 2 unspecified atom stereocenters. The minimum absolute atomic E-state index is 0.0182. The van der Waals surface area contributed by atoms with Gasteiger partial charge in [-0.1, -0.05) is 26.7 Å². The van der Waals surface area contributed by atoms with E-state index in [1.165, 1.54) is 19.2 Å². The summed E-state index contributed by atoms with van der Waals surface area (Å²) in [4.78, 5) is 26.1. The van der Waals surface area contributed by atoms with Gasteiger partial charge in [0.15, 0.2) is 6.23 Å². The van der Waals surface area contributed by atoms with Crippen molar-refractivity contribution < 1.29 is 33.3 Å². The van der Waals surface area contributed by atoms with E-state index in [1.54, 1.807) is 6.92 Å². The smallest absolute Gasteiger partial charge is 0.403 e. The van der Waals surface area contributed by atoms with Crippen LogP contribution in [0.15, 0.2) is 21.5 Å². The first-order chi connectivity index (χ1) is 16.9. The zero-order valence-corrected chi connectivity index (χ0v) is 21.7. The number of aliphatic hydroxyl groups is 2. The van der Waals surface area contributed by atoms with Crippen molar-refractivity contribution in [1.29, 1.82) is 0 Å². The minimum atomic E-state index is -4.43. The summed E-state index contributed by atoms with van der Waals surface area (Å²) in [5.74, 6) is 0.723. The van der Waals surface area contributed by atoms with Gasteiger partial charge in [-0.15, -0.1) is 10.2 Å². The first-order valence-electron chi connectivity index (χ1n) is 11.9. The Labute approximate surface area is 208 Å². The van der Waals surface area contributed by atoms with E-state index < -0.39 is 50.1 Å². The van der Waals surface area contributed by atoms with Crippen LogP contribution in [0.4, 0.5) is 5.82 Å². The molecule has 1 fully saturated rings. The van der Waals surface area contributed by atoms with E-state index in [-0.39, 0.29) is 17.6 Å². The van der Waals surface area contributed by atoms with Gasteiger partial charge in [-0.3, -0.25) is 9.09 Å². The van der Waals surface area contributed by atoms with Gasteiger partial charge in [0.25, 0.3) is 0 Å². The molecule has 0 bridgehead atoms. The summed E-state index contributed by atoms with van der Waals surface area (Å²) in [6.45, 7) is 6.41. The molecule has 15 heteroatoms. The highest BCUT2D eigenvalue weighted by atomic mass is 31.2. The average molecular weight is 531 g/mol. The number of rotatable bonds is 12. The van der Waals surface area contributed by atoms with Crippen molar-refractivity contribution >= 4 is 13.6 Å². The van der Waals surface area contributed by atoms with Gasteiger partial charge in [-0.25, -0.2) is 14.4 Å². The van der Waals surface area contributed by atoms with Crippen LogP contribution in [0.1, 0.15) is 83.3 Å². The van der Waals surface area contributed by atoms with E-state index >= 15 is 0 Å². The molecule has 14 nitrogen and oxygen atoms in total. The summed E-state index contributed by atoms with van der Waals surface area (Å²) >= 11 is 0. The Bertz CT molecular complexity index is 1120. The molecular formula is C21H35N6O8P. The van der Waals surface area contributed by atoms with E-state index in [9.17, 15) is 24.5 Å². The number of anilines is 1. The topological polar surface area (TPSA) is 208 Å². The lowest BCUT2D eigenvalue weighted by molar-refractivity contribution is -0.0984. The van der Waals surface area contributed by atoms with Gasteiger partial charge in [-0.2, -0.15) is 4.98 Å². The molecule has 0 amide bonds. The third-order valence-corrected chi connectivity index (χ3v) is 7.29. The van der Waals surface area contributed by atoms with Gasteiger partial charge >= 0.3 is 13.4 Å². The standard InChI is InChI=1S/C21H35N6O8P/c1-5-7-13(8-6-2)18-25-24-17(35-18)12(3)26-36(31,32)33-11-14-16(28)21(4,30)19(34-14)27-10-9-15(22)23-20(27)29/h9-10,12-14,16,19,28,30H,5-8,11H2,1-4H3,(H2,22,23,29)(H2,26,31,32)/t12?,14-,16-,19-,21-/m1/s1. The fourth-order valence-electron chi connectivity index (χ4n) is 4.17. The van der Waals surface area contributed by atoms with Gasteiger partial charge < -0.3 is 30.0 Å². The Balaban J connectivity index is 1.63. The van der Waals surface area contributed by atoms with E-state index in [1.807, 2.05) is 0 Å². The number of aliphatic hydroxyl groups excluding tert-OH is 1. The number of aromatic nitrogens is 4. The third-order valence-electron chi connectivity index (χ3n) is 6.08. The number of ether oxygens (including phenoxy) is 1. The maximum absolute atomic E-state index is 12.7. The number of hydrogen-bond donors (Lipinski definition) is 5. The van der Waals surface area contributed by atoms with Crippen molar-refractivity contribution in [2.45, 2.75) is 89.4 Å². The largest absolute Gasteiger partial charge is 0.423 e. The number of nitrogen functional groups attached to an aromatic ring is 1. The van der Waals surface area contributed by atoms with E-state index in [4.69, 9.17) is 19.4 Å². The van der Waals surface area contributed by atoms with Crippen molar-refractivity contribution in [2.75, 3.05) is 12.3 Å². The minimum Gasteiger partial charge on any atom is -0.423 e. The molecule has 1 saturated heterocycles. The number of hydrogen-bond acceptors (Lipinski definition) is 11. The molecule has 3 rings (SSSR count). The van der Waals surface area contributed by atoms with Crippen molar-refractivity contribution in [3.8, 4) is 0 Å². The predicted octanol–water partition coefficient (Wildman–Crippen LogP) is 1.37. The maximum Gasteiger partial charge on any atom is 0.403 e. The molecule has 0 spiro atoms. The second-order valence-electron chi connectivity index (χ2n) is 9.16. The second-order valence-corrected chi connectivity index (χ2v) is 10.7. The Morgan fingerprint density at radius 1 is 1.31 bits per heavy atom. The summed E-state index contributed by atoms with van der Waals surface area (Å²) in [7, 11) is -4.43. The molecule has 2 aromatic heterocycles. The van der Waals surface area contributed by atoms with Gasteiger partial charge in [0.2, 0.25) is 11.8 Å². The summed E-state index contributed by atoms with van der Waals surface area (Å²) in [5.41, 5.74) is 2.77. The summed E-state index contributed by atoms with van der Waals surface area (Å²) in [6.07, 6.45) is 0.873. The molecule has 0 radical (unpaired) electrons. The fraction of sp³-hybridized carbons (Fsp3) is 0.714. The lowest BCUT2D eigenvalue weighted by Crippen LogP contribution is -2.46. The first-order valence-corrected chi connectivity index (χ1v) is 13.5. The van der Waals surface area contributed by atoms with Gasteiger partial charge in [0.1, 0.15) is 23.6 Å². The zero-order valence-electron chi connectivity index (χ0n) is 20.8. The lowest BCUT2D eigenvalue weighted by Gasteiger charge is -2.27. The molecule has 202 valence electrons. The van der Waals surface area contributed by atoms with Crippen LogP contribution in [-0.2, 0) is 13.8 Å². The van der Waals surface area contributed by atoms with Crippen molar-refractivity contribution in [3.63, 3.8) is 0 Å². The van der Waals surface area contributed by atoms with Crippen LogP contribution < -0.4 is 16.5 Å². The Morgan fingerprint density at radius 3 is 2.56 bits per heavy atom. The monoisotopic (exact) mass is 530 g/mol. The van der Waals surface area contributed by atoms with E-state index in [0.717, 1.165) is 30.3 Å². The van der Waals surface area contributed by atoms with Crippen LogP contribution in [0.25, 0.3) is 0 Å². The van der Waals surface area contributed by atoms with Crippen LogP contribution in [0.2, 0.25) is 0 Å². The normalized spacial score (nSPS) is 26.8. The van der Waals surface area contributed by atoms with Crippen LogP contribution in [0, 0.1) is 0 Å². The molecule has 1 aliphatic rings. The molecule has 1 aliphatic heterocycles. The van der Waals surface area contributed by atoms with Crippen LogP contribution in [0.3, 0.4) is 0 Å². The fourth-order valence-corrected chi connectivity index (χ4v) is 5.19.